The molecule has 1 aliphatic rings. The second-order valence-corrected chi connectivity index (χ2v) is 11.2. The van der Waals surface area contributed by atoms with Gasteiger partial charge < -0.3 is 49.7 Å². The van der Waals surface area contributed by atoms with Crippen LogP contribution >= 0.6 is 0 Å². The first-order valence-corrected chi connectivity index (χ1v) is 13.7. The van der Waals surface area contributed by atoms with Crippen molar-refractivity contribution >= 4 is 28.7 Å². The number of aliphatic hydroxyl groups is 1. The van der Waals surface area contributed by atoms with Gasteiger partial charge in [0.1, 0.15) is 23.2 Å². The Balaban J connectivity index is 1.63. The summed E-state index contributed by atoms with van der Waals surface area (Å²) in [5, 5.41) is 34.6. The molecule has 4 rings (SSSR count). The normalized spacial score (nSPS) is 21.0. The van der Waals surface area contributed by atoms with E-state index in [0.717, 1.165) is 5.57 Å². The van der Waals surface area contributed by atoms with Gasteiger partial charge in [-0.15, -0.1) is 0 Å². The average Bonchev–Trinajstić information content (AvgIpc) is 2.94. The fourth-order valence-corrected chi connectivity index (χ4v) is 5.06. The number of aliphatic hydroxyl groups excluding tert-OH is 1. The van der Waals surface area contributed by atoms with Crippen LogP contribution in [0.2, 0.25) is 0 Å². The van der Waals surface area contributed by atoms with E-state index in [1.807, 2.05) is 19.9 Å². The molecule has 0 aliphatic carbocycles. The van der Waals surface area contributed by atoms with Gasteiger partial charge in [-0.25, -0.2) is 9.59 Å². The quantitative estimate of drug-likeness (QED) is 0.184. The molecule has 3 aromatic rings. The lowest BCUT2D eigenvalue weighted by Gasteiger charge is -2.47. The van der Waals surface area contributed by atoms with Gasteiger partial charge in [-0.05, 0) is 76.9 Å². The van der Waals surface area contributed by atoms with Crippen LogP contribution in [0.15, 0.2) is 51.2 Å². The number of fused-ring (bicyclic) bond motifs is 1. The first kappa shape index (κ1) is 32.3. The SMILES string of the molecule is CO[C@H]1[C@@H](OC(N)=O)[C@H](O)[C@H](Oc2ccc3c(O)c(NC(=O)c4ccc(O)c(CC=C(C)C)c4)c(=O)oc3c2C)OC1(C)C. The predicted molar refractivity (Wildman–Crippen MR) is 159 cm³/mol. The number of phenolic OH excluding ortho intramolecular Hbond substituents is 1. The van der Waals surface area contributed by atoms with Crippen LogP contribution in [-0.4, -0.2) is 64.6 Å². The Kier molecular flexibility index (Phi) is 9.23. The van der Waals surface area contributed by atoms with E-state index >= 15 is 0 Å². The lowest BCUT2D eigenvalue weighted by molar-refractivity contribution is -0.304. The predicted octanol–water partition coefficient (Wildman–Crippen LogP) is 3.63. The third-order valence-electron chi connectivity index (χ3n) is 7.33. The Morgan fingerprint density at radius 2 is 1.86 bits per heavy atom. The molecule has 2 aromatic carbocycles. The van der Waals surface area contributed by atoms with Gasteiger partial charge in [0.05, 0.1) is 11.0 Å². The minimum Gasteiger partial charge on any atom is -0.508 e. The number of primary amides is 1. The number of anilines is 1. The lowest BCUT2D eigenvalue weighted by atomic mass is 9.89. The average molecular weight is 613 g/mol. The van der Waals surface area contributed by atoms with Gasteiger partial charge >= 0.3 is 11.7 Å². The van der Waals surface area contributed by atoms with E-state index in [9.17, 15) is 29.7 Å². The number of nitrogens with two attached hydrogens (primary N) is 1. The number of carbonyl (C=O) groups excluding carboxylic acids is 2. The van der Waals surface area contributed by atoms with Crippen molar-refractivity contribution in [2.24, 2.45) is 5.73 Å². The highest BCUT2D eigenvalue weighted by Gasteiger charge is 2.53. The van der Waals surface area contributed by atoms with Crippen LogP contribution in [0.4, 0.5) is 10.5 Å². The molecule has 0 bridgehead atoms. The van der Waals surface area contributed by atoms with E-state index in [1.165, 1.54) is 37.4 Å². The summed E-state index contributed by atoms with van der Waals surface area (Å²) in [5.74, 6) is -1.09. The molecule has 6 N–H and O–H groups in total. The maximum Gasteiger partial charge on any atom is 0.404 e. The summed E-state index contributed by atoms with van der Waals surface area (Å²) in [6.45, 7) is 8.69. The highest BCUT2D eigenvalue weighted by molar-refractivity contribution is 6.06. The van der Waals surface area contributed by atoms with Crippen LogP contribution in [-0.2, 0) is 20.6 Å². The summed E-state index contributed by atoms with van der Waals surface area (Å²) in [7, 11) is 1.37. The third-order valence-corrected chi connectivity index (χ3v) is 7.33. The van der Waals surface area contributed by atoms with Crippen LogP contribution in [0.5, 0.6) is 17.2 Å². The van der Waals surface area contributed by atoms with E-state index < -0.39 is 59.3 Å². The number of aryl methyl sites for hydroxylation is 1. The zero-order valence-corrected chi connectivity index (χ0v) is 25.2. The van der Waals surface area contributed by atoms with Crippen LogP contribution in [0.3, 0.4) is 0 Å². The Hall–Kier alpha value is -4.59. The van der Waals surface area contributed by atoms with Crippen LogP contribution in [0.1, 0.15) is 49.2 Å². The van der Waals surface area contributed by atoms with Gasteiger partial charge in [-0.3, -0.25) is 4.79 Å². The third kappa shape index (κ3) is 6.49. The molecular formula is C31H36N2O11. The first-order chi connectivity index (χ1) is 20.6. The van der Waals surface area contributed by atoms with Crippen LogP contribution in [0.25, 0.3) is 11.0 Å². The standard InChI is InChI=1S/C31H36N2O11/c1-14(2)7-8-16-13-17(9-11-19(16)34)27(37)33-21-22(35)18-10-12-20(15(3)24(18)42-28(21)38)41-29-23(36)25(43-30(32)39)26(40-6)31(4,5)44-29/h7,9-13,23,25-26,29,34-36H,8H2,1-6H3,(H2,32,39)(H,33,37)/t23-,25-,26-,29+/m0/s1. The van der Waals surface area contributed by atoms with Gasteiger partial charge in [0.2, 0.25) is 6.29 Å². The Labute approximate surface area is 252 Å². The molecule has 1 aliphatic heterocycles. The number of hydrogen-bond acceptors (Lipinski definition) is 11. The molecule has 1 aromatic heterocycles. The fraction of sp³-hybridized carbons (Fsp3) is 0.387. The maximum atomic E-state index is 13.0. The number of rotatable bonds is 8. The molecule has 2 amide bonds. The van der Waals surface area contributed by atoms with Crippen molar-refractivity contribution < 1.29 is 48.3 Å². The Morgan fingerprint density at radius 3 is 2.50 bits per heavy atom. The molecule has 0 saturated carbocycles. The van der Waals surface area contributed by atoms with E-state index in [1.54, 1.807) is 20.8 Å². The number of ether oxygens (including phenoxy) is 4. The van der Waals surface area contributed by atoms with E-state index in [4.69, 9.17) is 29.1 Å². The monoisotopic (exact) mass is 612 g/mol. The first-order valence-electron chi connectivity index (χ1n) is 13.7. The van der Waals surface area contributed by atoms with Gasteiger partial charge in [0.25, 0.3) is 5.91 Å². The largest absolute Gasteiger partial charge is 0.508 e. The highest BCUT2D eigenvalue weighted by Crippen LogP contribution is 2.38. The van der Waals surface area contributed by atoms with Gasteiger partial charge in [-0.2, -0.15) is 0 Å². The van der Waals surface area contributed by atoms with Crippen molar-refractivity contribution in [2.45, 2.75) is 71.2 Å². The van der Waals surface area contributed by atoms with Crippen molar-refractivity contribution in [3.05, 3.63) is 69.1 Å². The lowest BCUT2D eigenvalue weighted by Crippen LogP contribution is -2.65. The Bertz CT molecular complexity index is 1670. The van der Waals surface area contributed by atoms with Gasteiger partial charge in [0, 0.05) is 18.2 Å². The maximum absolute atomic E-state index is 13.0. The van der Waals surface area contributed by atoms with Crippen molar-refractivity contribution in [1.29, 1.82) is 0 Å². The summed E-state index contributed by atoms with van der Waals surface area (Å²) in [5.41, 5.74) is 4.54. The molecule has 1 fully saturated rings. The molecular weight excluding hydrogens is 576 g/mol. The van der Waals surface area contributed by atoms with Crippen molar-refractivity contribution in [3.8, 4) is 17.2 Å². The van der Waals surface area contributed by atoms with E-state index in [-0.39, 0.29) is 33.6 Å². The molecule has 2 heterocycles. The number of amides is 2. The summed E-state index contributed by atoms with van der Waals surface area (Å²) >= 11 is 0. The van der Waals surface area contributed by atoms with Crippen molar-refractivity contribution in [3.63, 3.8) is 0 Å². The number of benzene rings is 2. The minimum absolute atomic E-state index is 0.0183. The number of methoxy groups -OCH3 is 1. The number of phenols is 1. The van der Waals surface area contributed by atoms with Gasteiger partial charge in [-0.1, -0.05) is 11.6 Å². The van der Waals surface area contributed by atoms with Crippen molar-refractivity contribution in [1.82, 2.24) is 0 Å². The molecule has 13 nitrogen and oxygen atoms in total. The zero-order chi connectivity index (χ0) is 32.5. The number of carbonyl (C=O) groups is 2. The number of aromatic hydroxyl groups is 2. The topological polar surface area (TPSA) is 200 Å². The van der Waals surface area contributed by atoms with Crippen molar-refractivity contribution in [2.75, 3.05) is 12.4 Å². The molecule has 4 atom stereocenters. The molecule has 0 unspecified atom stereocenters. The second kappa shape index (κ2) is 12.6. The molecule has 0 spiro atoms. The van der Waals surface area contributed by atoms with E-state index in [0.29, 0.717) is 12.0 Å². The fourth-order valence-electron chi connectivity index (χ4n) is 5.06. The summed E-state index contributed by atoms with van der Waals surface area (Å²) < 4.78 is 27.9. The summed E-state index contributed by atoms with van der Waals surface area (Å²) in [4.78, 5) is 37.5. The van der Waals surface area contributed by atoms with E-state index in [2.05, 4.69) is 5.32 Å². The second-order valence-electron chi connectivity index (χ2n) is 11.2. The Morgan fingerprint density at radius 1 is 1.16 bits per heavy atom. The number of allylic oxidation sites excluding steroid dienone is 2. The van der Waals surface area contributed by atoms with Crippen LogP contribution in [0, 0.1) is 6.92 Å². The minimum atomic E-state index is -1.52. The summed E-state index contributed by atoms with van der Waals surface area (Å²) in [6.07, 6.45) is -3.81. The molecule has 1 saturated heterocycles. The van der Waals surface area contributed by atoms with Crippen LogP contribution < -0.4 is 21.4 Å². The smallest absolute Gasteiger partial charge is 0.404 e. The highest BCUT2D eigenvalue weighted by atomic mass is 16.7. The number of nitrogens with one attached hydrogen (secondary N) is 1. The number of hydrogen-bond donors (Lipinski definition) is 5. The molecule has 236 valence electrons. The molecule has 44 heavy (non-hydrogen) atoms. The van der Waals surface area contributed by atoms with Gasteiger partial charge in [0.15, 0.2) is 23.6 Å². The summed E-state index contributed by atoms with van der Waals surface area (Å²) in [6, 6.07) is 7.12. The zero-order valence-electron chi connectivity index (χ0n) is 25.2. The molecule has 0 radical (unpaired) electrons. The molecule has 13 heteroatoms.